The largest absolute Gasteiger partial charge is 0.323 e. The Balaban J connectivity index is 2.01. The van der Waals surface area contributed by atoms with Crippen LogP contribution in [0.3, 0.4) is 0 Å². The molecule has 2 aromatic rings. The first kappa shape index (κ1) is 12.7. The number of carbonyl (C=O) groups is 1. The van der Waals surface area contributed by atoms with E-state index in [4.69, 9.17) is 0 Å². The number of fused-ring (bicyclic) bond motifs is 3. The van der Waals surface area contributed by atoms with Gasteiger partial charge < -0.3 is 5.32 Å². The van der Waals surface area contributed by atoms with Crippen LogP contribution in [0, 0.1) is 6.92 Å². The lowest BCUT2D eigenvalue weighted by molar-refractivity contribution is 0.194. The second kappa shape index (κ2) is 4.49. The molecular formula is C16H15N3OS. The lowest BCUT2D eigenvalue weighted by Gasteiger charge is -2.42. The predicted molar refractivity (Wildman–Crippen MR) is 84.4 cm³/mol. The number of rotatable bonds is 1. The van der Waals surface area contributed by atoms with Gasteiger partial charge >= 0.3 is 6.03 Å². The summed E-state index contributed by atoms with van der Waals surface area (Å²) in [7, 11) is 0. The molecule has 1 N–H and O–H groups in total. The summed E-state index contributed by atoms with van der Waals surface area (Å²) in [6, 6.07) is 12.0. The fraction of sp³-hybridized carbons (Fsp3) is 0.250. The van der Waals surface area contributed by atoms with Gasteiger partial charge in [0.15, 0.2) is 4.87 Å². The van der Waals surface area contributed by atoms with E-state index in [0.717, 1.165) is 34.8 Å². The van der Waals surface area contributed by atoms with Crippen LogP contribution >= 0.6 is 11.8 Å². The van der Waals surface area contributed by atoms with Crippen LogP contribution in [-0.2, 0) is 4.87 Å². The highest BCUT2D eigenvalue weighted by molar-refractivity contribution is 8.00. The zero-order valence-corrected chi connectivity index (χ0v) is 12.5. The van der Waals surface area contributed by atoms with Crippen molar-refractivity contribution in [3.8, 4) is 0 Å². The van der Waals surface area contributed by atoms with Crippen LogP contribution < -0.4 is 5.32 Å². The van der Waals surface area contributed by atoms with Gasteiger partial charge in [-0.25, -0.2) is 4.79 Å². The summed E-state index contributed by atoms with van der Waals surface area (Å²) >= 11 is 1.78. The van der Waals surface area contributed by atoms with Crippen molar-refractivity contribution >= 4 is 23.5 Å². The molecule has 0 aliphatic carbocycles. The van der Waals surface area contributed by atoms with Gasteiger partial charge in [0.2, 0.25) is 0 Å². The second-order valence-corrected chi connectivity index (χ2v) is 6.63. The van der Waals surface area contributed by atoms with Crippen LogP contribution in [-0.4, -0.2) is 28.2 Å². The van der Waals surface area contributed by atoms with Crippen LogP contribution in [0.2, 0.25) is 0 Å². The number of benzene rings is 1. The number of aromatic nitrogens is 1. The summed E-state index contributed by atoms with van der Waals surface area (Å²) in [6.45, 7) is 2.79. The van der Waals surface area contributed by atoms with Gasteiger partial charge in [0, 0.05) is 29.7 Å². The van der Waals surface area contributed by atoms with Crippen molar-refractivity contribution in [2.75, 3.05) is 17.6 Å². The topological polar surface area (TPSA) is 45.2 Å². The molecule has 1 fully saturated rings. The smallest absolute Gasteiger partial charge is 0.307 e. The molecular weight excluding hydrogens is 282 g/mol. The van der Waals surface area contributed by atoms with E-state index in [0.29, 0.717) is 0 Å². The van der Waals surface area contributed by atoms with Gasteiger partial charge in [-0.1, -0.05) is 18.2 Å². The molecule has 4 rings (SSSR count). The first-order valence-corrected chi connectivity index (χ1v) is 7.95. The normalized spacial score (nSPS) is 23.5. The summed E-state index contributed by atoms with van der Waals surface area (Å²) < 4.78 is 0. The fourth-order valence-electron chi connectivity index (χ4n) is 3.13. The molecule has 106 valence electrons. The molecule has 1 unspecified atom stereocenters. The molecule has 0 saturated carbocycles. The Kier molecular flexibility index (Phi) is 2.72. The number of hydrogen-bond acceptors (Lipinski definition) is 3. The number of nitrogens with zero attached hydrogens (tertiary/aromatic N) is 2. The summed E-state index contributed by atoms with van der Waals surface area (Å²) in [4.78, 5) is 18.5. The number of hydrogen-bond donors (Lipinski definition) is 1. The summed E-state index contributed by atoms with van der Waals surface area (Å²) in [5.41, 5.74) is 4.10. The molecule has 1 atom stereocenters. The monoisotopic (exact) mass is 297 g/mol. The number of anilines is 1. The Morgan fingerprint density at radius 1 is 1.33 bits per heavy atom. The summed E-state index contributed by atoms with van der Waals surface area (Å²) in [6.07, 6.45) is 1.83. The predicted octanol–water partition coefficient (Wildman–Crippen LogP) is 3.19. The van der Waals surface area contributed by atoms with Gasteiger partial charge in [-0.2, -0.15) is 0 Å². The molecule has 1 aromatic heterocycles. The molecule has 1 aromatic carbocycles. The van der Waals surface area contributed by atoms with E-state index < -0.39 is 4.87 Å². The van der Waals surface area contributed by atoms with E-state index in [-0.39, 0.29) is 6.03 Å². The Labute approximate surface area is 127 Å². The molecule has 0 spiro atoms. The highest BCUT2D eigenvalue weighted by atomic mass is 32.2. The number of thioether (sulfide) groups is 1. The van der Waals surface area contributed by atoms with E-state index in [1.54, 1.807) is 11.8 Å². The Hall–Kier alpha value is -2.01. The zero-order chi connectivity index (χ0) is 14.4. The minimum Gasteiger partial charge on any atom is -0.307 e. The van der Waals surface area contributed by atoms with Crippen LogP contribution in [0.1, 0.15) is 16.8 Å². The van der Waals surface area contributed by atoms with Crippen molar-refractivity contribution in [2.24, 2.45) is 0 Å². The van der Waals surface area contributed by atoms with E-state index in [1.165, 1.54) is 0 Å². The first-order valence-electron chi connectivity index (χ1n) is 6.97. The van der Waals surface area contributed by atoms with Crippen molar-refractivity contribution in [3.63, 3.8) is 0 Å². The van der Waals surface area contributed by atoms with E-state index in [2.05, 4.69) is 29.4 Å². The Morgan fingerprint density at radius 2 is 2.19 bits per heavy atom. The Bertz CT molecular complexity index is 733. The highest BCUT2D eigenvalue weighted by Crippen LogP contribution is 2.53. The maximum absolute atomic E-state index is 12.5. The number of urea groups is 1. The molecule has 0 radical (unpaired) electrons. The third-order valence-electron chi connectivity index (χ3n) is 4.05. The molecule has 21 heavy (non-hydrogen) atoms. The van der Waals surface area contributed by atoms with E-state index in [1.807, 2.05) is 35.4 Å². The molecule has 4 nitrogen and oxygen atoms in total. The van der Waals surface area contributed by atoms with Gasteiger partial charge in [-0.3, -0.25) is 9.88 Å². The molecule has 1 saturated heterocycles. The third kappa shape index (κ3) is 1.70. The lowest BCUT2D eigenvalue weighted by Crippen LogP contribution is -2.50. The van der Waals surface area contributed by atoms with Gasteiger partial charge in [-0.05, 0) is 30.7 Å². The SMILES string of the molecule is Cc1ccnc(C23SCCN2C(=O)Nc2ccccc23)c1. The van der Waals surface area contributed by atoms with Crippen molar-refractivity contribution in [3.05, 3.63) is 59.4 Å². The minimum absolute atomic E-state index is 0.0398. The van der Waals surface area contributed by atoms with Crippen molar-refractivity contribution < 1.29 is 4.79 Å². The average Bonchev–Trinajstić information content (AvgIpc) is 2.94. The van der Waals surface area contributed by atoms with Crippen LogP contribution in [0.25, 0.3) is 0 Å². The highest BCUT2D eigenvalue weighted by Gasteiger charge is 2.52. The summed E-state index contributed by atoms with van der Waals surface area (Å²) in [5.74, 6) is 0.914. The number of nitrogens with one attached hydrogen (secondary N) is 1. The minimum atomic E-state index is -0.495. The standard InChI is InChI=1S/C16H15N3OS/c1-11-6-7-17-14(10-11)16-12-4-2-3-5-13(12)18-15(20)19(16)8-9-21-16/h2-7,10H,8-9H2,1H3,(H,18,20). The van der Waals surface area contributed by atoms with Gasteiger partial charge in [0.05, 0.1) is 5.69 Å². The molecule has 2 aliphatic heterocycles. The molecule has 2 aliphatic rings. The number of carbonyl (C=O) groups excluding carboxylic acids is 1. The molecule has 5 heteroatoms. The third-order valence-corrected chi connectivity index (χ3v) is 5.50. The zero-order valence-electron chi connectivity index (χ0n) is 11.7. The van der Waals surface area contributed by atoms with Crippen LogP contribution in [0.5, 0.6) is 0 Å². The number of pyridine rings is 1. The molecule has 0 bridgehead atoms. The molecule has 3 heterocycles. The van der Waals surface area contributed by atoms with Gasteiger partial charge in [0.1, 0.15) is 0 Å². The first-order chi connectivity index (χ1) is 10.2. The maximum Gasteiger partial charge on any atom is 0.323 e. The number of para-hydroxylation sites is 1. The number of amides is 2. The van der Waals surface area contributed by atoms with Gasteiger partial charge in [0.25, 0.3) is 0 Å². The average molecular weight is 297 g/mol. The quantitative estimate of drug-likeness (QED) is 0.879. The fourth-order valence-corrected chi connectivity index (χ4v) is 4.62. The summed E-state index contributed by atoms with van der Waals surface area (Å²) in [5, 5.41) is 2.99. The van der Waals surface area contributed by atoms with Crippen molar-refractivity contribution in [1.82, 2.24) is 9.88 Å². The van der Waals surface area contributed by atoms with Crippen molar-refractivity contribution in [1.29, 1.82) is 0 Å². The maximum atomic E-state index is 12.5. The van der Waals surface area contributed by atoms with Crippen molar-refractivity contribution in [2.45, 2.75) is 11.8 Å². The molecule has 2 amide bonds. The van der Waals surface area contributed by atoms with E-state index in [9.17, 15) is 4.79 Å². The van der Waals surface area contributed by atoms with Crippen LogP contribution in [0.4, 0.5) is 10.5 Å². The van der Waals surface area contributed by atoms with E-state index >= 15 is 0 Å². The Morgan fingerprint density at radius 3 is 3.05 bits per heavy atom. The second-order valence-electron chi connectivity index (χ2n) is 5.34. The number of aryl methyl sites for hydroxylation is 1. The van der Waals surface area contributed by atoms with Gasteiger partial charge in [-0.15, -0.1) is 11.8 Å². The van der Waals surface area contributed by atoms with Crippen LogP contribution in [0.15, 0.2) is 42.6 Å². The lowest BCUT2D eigenvalue weighted by atomic mass is 9.96.